The van der Waals surface area contributed by atoms with Crippen LogP contribution in [0.25, 0.3) is 11.0 Å². The van der Waals surface area contributed by atoms with E-state index in [9.17, 15) is 9.18 Å². The van der Waals surface area contributed by atoms with Gasteiger partial charge in [-0.1, -0.05) is 5.21 Å². The molecule has 0 radical (unpaired) electrons. The Labute approximate surface area is 155 Å². The molecule has 0 atom stereocenters. The molecule has 7 nitrogen and oxygen atoms in total. The number of ether oxygens (including phenoxy) is 2. The molecule has 0 aliphatic carbocycles. The lowest BCUT2D eigenvalue weighted by Gasteiger charge is -2.21. The summed E-state index contributed by atoms with van der Waals surface area (Å²) in [5, 5.41) is 11.0. The summed E-state index contributed by atoms with van der Waals surface area (Å²) in [6.45, 7) is 3.53. The van der Waals surface area contributed by atoms with E-state index in [1.165, 1.54) is 12.1 Å². The second-order valence-electron chi connectivity index (χ2n) is 6.28. The molecule has 0 saturated carbocycles. The average Bonchev–Trinajstić information content (AvgIpc) is 3.10. The van der Waals surface area contributed by atoms with Crippen molar-refractivity contribution in [2.75, 3.05) is 13.3 Å². The number of carbonyl (C=O) groups is 1. The molecule has 1 aliphatic heterocycles. The van der Waals surface area contributed by atoms with Crippen LogP contribution < -0.4 is 10.1 Å². The number of rotatable bonds is 5. The minimum Gasteiger partial charge on any atom is -0.467 e. The fourth-order valence-corrected chi connectivity index (χ4v) is 3.20. The first kappa shape index (κ1) is 17.4. The van der Waals surface area contributed by atoms with E-state index in [0.717, 1.165) is 11.1 Å². The van der Waals surface area contributed by atoms with Crippen LogP contribution in [0, 0.1) is 5.82 Å². The Morgan fingerprint density at radius 2 is 2.22 bits per heavy atom. The Morgan fingerprint density at radius 1 is 1.33 bits per heavy atom. The molecule has 3 aromatic rings. The van der Waals surface area contributed by atoms with E-state index in [0.29, 0.717) is 48.5 Å². The summed E-state index contributed by atoms with van der Waals surface area (Å²) in [4.78, 5) is 12.4. The van der Waals surface area contributed by atoms with E-state index in [1.807, 2.05) is 13.0 Å². The maximum Gasteiger partial charge on any atom is 0.251 e. The third-order valence-corrected chi connectivity index (χ3v) is 4.51. The first-order valence-electron chi connectivity index (χ1n) is 8.79. The van der Waals surface area contributed by atoms with Gasteiger partial charge in [0.05, 0.1) is 12.1 Å². The van der Waals surface area contributed by atoms with Gasteiger partial charge in [0.1, 0.15) is 17.1 Å². The predicted octanol–water partition coefficient (Wildman–Crippen LogP) is 2.43. The van der Waals surface area contributed by atoms with Crippen LogP contribution in [0.3, 0.4) is 0 Å². The fourth-order valence-electron chi connectivity index (χ4n) is 3.20. The third-order valence-electron chi connectivity index (χ3n) is 4.51. The number of aryl methyl sites for hydroxylation is 1. The molecular weight excluding hydrogens is 351 g/mol. The Bertz CT molecular complexity index is 1000. The van der Waals surface area contributed by atoms with Gasteiger partial charge >= 0.3 is 0 Å². The van der Waals surface area contributed by atoms with E-state index in [1.54, 1.807) is 16.8 Å². The van der Waals surface area contributed by atoms with Crippen molar-refractivity contribution in [1.82, 2.24) is 20.3 Å². The normalized spacial score (nSPS) is 13.3. The number of amides is 1. The van der Waals surface area contributed by atoms with E-state index < -0.39 is 0 Å². The minimum absolute atomic E-state index is 0.149. The number of fused-ring (bicyclic) bond motifs is 2. The monoisotopic (exact) mass is 370 g/mol. The van der Waals surface area contributed by atoms with Gasteiger partial charge in [-0.15, -0.1) is 5.10 Å². The summed E-state index contributed by atoms with van der Waals surface area (Å²) in [6.07, 6.45) is 0.458. The summed E-state index contributed by atoms with van der Waals surface area (Å²) in [5.74, 6) is 0.0978. The number of halogens is 1. The van der Waals surface area contributed by atoms with Crippen molar-refractivity contribution in [3.05, 3.63) is 52.8 Å². The number of benzene rings is 2. The van der Waals surface area contributed by atoms with Gasteiger partial charge < -0.3 is 14.8 Å². The SMILES string of the molecule is CCn1nnc2cc(C(=O)NCCc3cc(F)cc4c3OCOC4)ccc21. The number of nitrogens with zero attached hydrogens (tertiary/aromatic N) is 3. The average molecular weight is 370 g/mol. The first-order valence-corrected chi connectivity index (χ1v) is 8.79. The number of carbonyl (C=O) groups excluding carboxylic acids is 1. The summed E-state index contributed by atoms with van der Waals surface area (Å²) in [6, 6.07) is 8.15. The largest absolute Gasteiger partial charge is 0.467 e. The number of aromatic nitrogens is 3. The molecule has 2 aromatic carbocycles. The Morgan fingerprint density at radius 3 is 3.07 bits per heavy atom. The molecule has 0 fully saturated rings. The zero-order valence-corrected chi connectivity index (χ0v) is 14.9. The maximum atomic E-state index is 13.8. The molecule has 0 unspecified atom stereocenters. The Balaban J connectivity index is 1.43. The molecule has 0 bridgehead atoms. The smallest absolute Gasteiger partial charge is 0.251 e. The van der Waals surface area contributed by atoms with Gasteiger partial charge in [-0.05, 0) is 49.2 Å². The van der Waals surface area contributed by atoms with Gasteiger partial charge in [-0.3, -0.25) is 4.79 Å². The topological polar surface area (TPSA) is 78.3 Å². The molecular formula is C19H19FN4O3. The highest BCUT2D eigenvalue weighted by Gasteiger charge is 2.17. The van der Waals surface area contributed by atoms with Crippen molar-refractivity contribution in [3.63, 3.8) is 0 Å². The van der Waals surface area contributed by atoms with Crippen LogP contribution in [0.15, 0.2) is 30.3 Å². The standard InChI is InChI=1S/C19H19FN4O3/c1-2-24-17-4-3-13(9-16(17)22-23-24)19(25)21-6-5-12-7-15(20)8-14-10-26-11-27-18(12)14/h3-4,7-9H,2,5-6,10-11H2,1H3,(H,21,25). The molecule has 8 heteroatoms. The number of nitrogens with one attached hydrogen (secondary N) is 1. The van der Waals surface area contributed by atoms with E-state index in [4.69, 9.17) is 9.47 Å². The molecule has 27 heavy (non-hydrogen) atoms. The second kappa shape index (κ2) is 7.32. The molecule has 140 valence electrons. The van der Waals surface area contributed by atoms with Crippen molar-refractivity contribution in [2.24, 2.45) is 0 Å². The maximum absolute atomic E-state index is 13.8. The molecule has 1 N–H and O–H groups in total. The van der Waals surface area contributed by atoms with Crippen LogP contribution in [-0.2, 0) is 24.3 Å². The van der Waals surface area contributed by atoms with Gasteiger partial charge in [-0.2, -0.15) is 0 Å². The Hall–Kier alpha value is -3.00. The molecule has 4 rings (SSSR count). The van der Waals surface area contributed by atoms with Crippen molar-refractivity contribution in [1.29, 1.82) is 0 Å². The second-order valence-corrected chi connectivity index (χ2v) is 6.28. The fraction of sp³-hybridized carbons (Fsp3) is 0.316. The zero-order chi connectivity index (χ0) is 18.8. The molecule has 2 heterocycles. The highest BCUT2D eigenvalue weighted by molar-refractivity contribution is 5.97. The summed E-state index contributed by atoms with van der Waals surface area (Å²) in [5.41, 5.74) is 3.48. The van der Waals surface area contributed by atoms with E-state index >= 15 is 0 Å². The van der Waals surface area contributed by atoms with Crippen LogP contribution >= 0.6 is 0 Å². The Kier molecular flexibility index (Phi) is 4.72. The van der Waals surface area contributed by atoms with Crippen LogP contribution in [0.5, 0.6) is 5.75 Å². The zero-order valence-electron chi connectivity index (χ0n) is 14.9. The van der Waals surface area contributed by atoms with Crippen molar-refractivity contribution < 1.29 is 18.7 Å². The highest BCUT2D eigenvalue weighted by atomic mass is 19.1. The van der Waals surface area contributed by atoms with Crippen molar-refractivity contribution >= 4 is 16.9 Å². The molecule has 0 saturated heterocycles. The van der Waals surface area contributed by atoms with Gasteiger partial charge in [0.25, 0.3) is 5.91 Å². The molecule has 0 spiro atoms. The molecule has 1 amide bonds. The summed E-state index contributed by atoms with van der Waals surface area (Å²) >= 11 is 0. The van der Waals surface area contributed by atoms with Gasteiger partial charge in [0.2, 0.25) is 0 Å². The third kappa shape index (κ3) is 3.48. The predicted molar refractivity (Wildman–Crippen MR) is 95.9 cm³/mol. The quantitative estimate of drug-likeness (QED) is 0.746. The van der Waals surface area contributed by atoms with E-state index in [-0.39, 0.29) is 18.5 Å². The van der Waals surface area contributed by atoms with Crippen LogP contribution in [0.2, 0.25) is 0 Å². The summed E-state index contributed by atoms with van der Waals surface area (Å²) < 4.78 is 26.2. The van der Waals surface area contributed by atoms with Crippen LogP contribution in [0.1, 0.15) is 28.4 Å². The van der Waals surface area contributed by atoms with Gasteiger partial charge in [0, 0.05) is 24.2 Å². The van der Waals surface area contributed by atoms with Crippen molar-refractivity contribution in [3.8, 4) is 5.75 Å². The molecule has 1 aliphatic rings. The number of hydrogen-bond acceptors (Lipinski definition) is 5. The van der Waals surface area contributed by atoms with Crippen LogP contribution in [0.4, 0.5) is 4.39 Å². The van der Waals surface area contributed by atoms with Gasteiger partial charge in [0.15, 0.2) is 6.79 Å². The number of hydrogen-bond donors (Lipinski definition) is 1. The lowest BCUT2D eigenvalue weighted by Crippen LogP contribution is -2.26. The lowest BCUT2D eigenvalue weighted by molar-refractivity contribution is -0.0172. The van der Waals surface area contributed by atoms with Gasteiger partial charge in [-0.25, -0.2) is 9.07 Å². The minimum atomic E-state index is -0.339. The van der Waals surface area contributed by atoms with Crippen molar-refractivity contribution in [2.45, 2.75) is 26.5 Å². The lowest BCUT2D eigenvalue weighted by atomic mass is 10.1. The molecule has 1 aromatic heterocycles. The first-order chi connectivity index (χ1) is 13.2. The summed E-state index contributed by atoms with van der Waals surface area (Å²) in [7, 11) is 0. The highest BCUT2D eigenvalue weighted by Crippen LogP contribution is 2.29. The van der Waals surface area contributed by atoms with Crippen LogP contribution in [-0.4, -0.2) is 34.2 Å². The van der Waals surface area contributed by atoms with E-state index in [2.05, 4.69) is 15.6 Å².